The standard InChI is InChI=1S/C30H35N3O3/c1-36-21-20-33(29(35)31-17-7-10-25-8-3-2-4-9-25)30(24-34)15-18-32(19-16-30)23-26-13-14-27-11-5-6-12-28(27)22-26/h2-14,22,24H,15-21,23H2,1H3,(H,31,35)/b10-7+. The van der Waals surface area contributed by atoms with Crippen LogP contribution in [0.4, 0.5) is 4.79 Å². The van der Waals surface area contributed by atoms with Crippen LogP contribution in [-0.2, 0) is 16.1 Å². The fourth-order valence-electron chi connectivity index (χ4n) is 4.85. The molecule has 0 saturated carbocycles. The van der Waals surface area contributed by atoms with Crippen LogP contribution in [0.2, 0.25) is 0 Å². The number of carbonyl (C=O) groups excluding carboxylic acids is 2. The molecule has 0 atom stereocenters. The number of aldehydes is 1. The minimum Gasteiger partial charge on any atom is -0.383 e. The summed E-state index contributed by atoms with van der Waals surface area (Å²) in [4.78, 5) is 29.6. The molecule has 1 saturated heterocycles. The minimum absolute atomic E-state index is 0.236. The maximum atomic E-state index is 13.2. The number of hydrogen-bond donors (Lipinski definition) is 1. The number of nitrogens with zero attached hydrogens (tertiary/aromatic N) is 2. The van der Waals surface area contributed by atoms with Gasteiger partial charge in [-0.2, -0.15) is 0 Å². The molecule has 3 aromatic rings. The smallest absolute Gasteiger partial charge is 0.318 e. The van der Waals surface area contributed by atoms with E-state index in [2.05, 4.69) is 52.7 Å². The van der Waals surface area contributed by atoms with E-state index in [0.29, 0.717) is 32.5 Å². The Hall–Kier alpha value is -3.48. The third-order valence-corrected chi connectivity index (χ3v) is 6.94. The number of ether oxygens (including phenoxy) is 1. The Bertz CT molecular complexity index is 1170. The number of carbonyl (C=O) groups is 2. The van der Waals surface area contributed by atoms with Gasteiger partial charge < -0.3 is 19.7 Å². The van der Waals surface area contributed by atoms with Crippen LogP contribution in [0.1, 0.15) is 24.0 Å². The lowest BCUT2D eigenvalue weighted by molar-refractivity contribution is -0.120. The largest absolute Gasteiger partial charge is 0.383 e. The maximum absolute atomic E-state index is 13.2. The minimum atomic E-state index is -0.828. The first kappa shape index (κ1) is 25.6. The summed E-state index contributed by atoms with van der Waals surface area (Å²) >= 11 is 0. The predicted octanol–water partition coefficient (Wildman–Crippen LogP) is 4.74. The van der Waals surface area contributed by atoms with Crippen molar-refractivity contribution in [2.45, 2.75) is 24.9 Å². The Labute approximate surface area is 213 Å². The molecular weight excluding hydrogens is 450 g/mol. The average molecular weight is 486 g/mol. The molecule has 0 bridgehead atoms. The first-order valence-electron chi connectivity index (χ1n) is 12.6. The highest BCUT2D eigenvalue weighted by Crippen LogP contribution is 2.29. The Morgan fingerprint density at radius 3 is 2.47 bits per heavy atom. The lowest BCUT2D eigenvalue weighted by Gasteiger charge is -2.45. The van der Waals surface area contributed by atoms with Gasteiger partial charge in [-0.25, -0.2) is 4.79 Å². The molecule has 36 heavy (non-hydrogen) atoms. The number of methoxy groups -OCH3 is 1. The van der Waals surface area contributed by atoms with E-state index in [0.717, 1.165) is 31.5 Å². The van der Waals surface area contributed by atoms with Gasteiger partial charge in [-0.15, -0.1) is 0 Å². The van der Waals surface area contributed by atoms with Gasteiger partial charge in [0.1, 0.15) is 11.8 Å². The van der Waals surface area contributed by atoms with Crippen molar-refractivity contribution in [2.24, 2.45) is 0 Å². The fraction of sp³-hybridized carbons (Fsp3) is 0.333. The molecule has 1 fully saturated rings. The molecule has 1 aliphatic heterocycles. The van der Waals surface area contributed by atoms with Crippen LogP contribution in [0.3, 0.4) is 0 Å². The predicted molar refractivity (Wildman–Crippen MR) is 145 cm³/mol. The van der Waals surface area contributed by atoms with Gasteiger partial charge in [-0.3, -0.25) is 4.90 Å². The van der Waals surface area contributed by atoms with E-state index in [9.17, 15) is 9.59 Å². The summed E-state index contributed by atoms with van der Waals surface area (Å²) in [5.74, 6) is 0. The van der Waals surface area contributed by atoms with Crippen LogP contribution in [0.15, 0.2) is 78.9 Å². The third-order valence-electron chi connectivity index (χ3n) is 6.94. The van der Waals surface area contributed by atoms with E-state index in [-0.39, 0.29) is 6.03 Å². The zero-order valence-electron chi connectivity index (χ0n) is 20.9. The molecule has 3 aromatic carbocycles. The van der Waals surface area contributed by atoms with Crippen molar-refractivity contribution >= 4 is 29.2 Å². The molecule has 1 heterocycles. The highest BCUT2D eigenvalue weighted by atomic mass is 16.5. The monoisotopic (exact) mass is 485 g/mol. The summed E-state index contributed by atoms with van der Waals surface area (Å²) in [7, 11) is 1.61. The first-order valence-corrected chi connectivity index (χ1v) is 12.6. The van der Waals surface area contributed by atoms with Crippen molar-refractivity contribution in [3.05, 3.63) is 90.0 Å². The number of piperidine rings is 1. The van der Waals surface area contributed by atoms with Crippen LogP contribution in [0.5, 0.6) is 0 Å². The number of hydrogen-bond acceptors (Lipinski definition) is 4. The molecule has 4 rings (SSSR count). The second-order valence-electron chi connectivity index (χ2n) is 9.32. The molecule has 0 radical (unpaired) electrons. The molecule has 0 spiro atoms. The molecule has 6 heteroatoms. The number of likely N-dealkylation sites (tertiary alicyclic amines) is 1. The Morgan fingerprint density at radius 1 is 1.03 bits per heavy atom. The molecule has 0 aliphatic carbocycles. The molecule has 6 nitrogen and oxygen atoms in total. The Kier molecular flexibility index (Phi) is 8.87. The first-order chi connectivity index (χ1) is 17.6. The van der Waals surface area contributed by atoms with Crippen LogP contribution < -0.4 is 5.32 Å². The van der Waals surface area contributed by atoms with Gasteiger partial charge in [-0.1, -0.05) is 78.9 Å². The quantitative estimate of drug-likeness (QED) is 0.421. The molecule has 1 aliphatic rings. The Balaban J connectivity index is 1.37. The van der Waals surface area contributed by atoms with Crippen LogP contribution in [0, 0.1) is 0 Å². The number of rotatable bonds is 10. The second kappa shape index (κ2) is 12.5. The molecular formula is C30H35N3O3. The van der Waals surface area contributed by atoms with Crippen molar-refractivity contribution in [2.75, 3.05) is 39.9 Å². The molecule has 1 N–H and O–H groups in total. The zero-order chi connectivity index (χ0) is 25.2. The van der Waals surface area contributed by atoms with Crippen molar-refractivity contribution < 1.29 is 14.3 Å². The van der Waals surface area contributed by atoms with Crippen molar-refractivity contribution in [1.29, 1.82) is 0 Å². The Morgan fingerprint density at radius 2 is 1.75 bits per heavy atom. The van der Waals surface area contributed by atoms with E-state index < -0.39 is 5.54 Å². The summed E-state index contributed by atoms with van der Waals surface area (Å²) in [5, 5.41) is 5.43. The van der Waals surface area contributed by atoms with Crippen molar-refractivity contribution in [1.82, 2.24) is 15.1 Å². The van der Waals surface area contributed by atoms with Crippen LogP contribution in [0.25, 0.3) is 16.8 Å². The molecule has 188 valence electrons. The number of fused-ring (bicyclic) bond motifs is 1. The van der Waals surface area contributed by atoms with E-state index in [1.807, 2.05) is 42.5 Å². The number of benzene rings is 3. The van der Waals surface area contributed by atoms with Gasteiger partial charge >= 0.3 is 6.03 Å². The number of urea groups is 1. The SMILES string of the molecule is COCCN(C(=O)NC/C=C/c1ccccc1)C1(C=O)CCN(Cc2ccc3ccccc3c2)CC1. The van der Waals surface area contributed by atoms with E-state index in [4.69, 9.17) is 4.74 Å². The lowest BCUT2D eigenvalue weighted by Crippen LogP contribution is -2.61. The van der Waals surface area contributed by atoms with E-state index in [1.54, 1.807) is 12.0 Å². The van der Waals surface area contributed by atoms with Crippen molar-refractivity contribution in [3.63, 3.8) is 0 Å². The van der Waals surface area contributed by atoms with Gasteiger partial charge in [-0.05, 0) is 40.8 Å². The summed E-state index contributed by atoms with van der Waals surface area (Å²) in [5.41, 5.74) is 1.50. The van der Waals surface area contributed by atoms with E-state index >= 15 is 0 Å². The molecule has 0 unspecified atom stereocenters. The van der Waals surface area contributed by atoms with Crippen molar-refractivity contribution in [3.8, 4) is 0 Å². The summed E-state index contributed by atoms with van der Waals surface area (Å²) in [6.07, 6.45) is 6.06. The fourth-order valence-corrected chi connectivity index (χ4v) is 4.85. The van der Waals surface area contributed by atoms with Gasteiger partial charge in [0, 0.05) is 39.8 Å². The van der Waals surface area contributed by atoms with Gasteiger partial charge in [0.15, 0.2) is 0 Å². The third kappa shape index (κ3) is 6.39. The van der Waals surface area contributed by atoms with Crippen LogP contribution in [-0.4, -0.2) is 67.6 Å². The zero-order valence-corrected chi connectivity index (χ0v) is 20.9. The normalized spacial score (nSPS) is 15.7. The topological polar surface area (TPSA) is 61.9 Å². The molecule has 2 amide bonds. The average Bonchev–Trinajstić information content (AvgIpc) is 2.93. The summed E-state index contributed by atoms with van der Waals surface area (Å²) < 4.78 is 5.26. The number of amides is 2. The second-order valence-corrected chi connectivity index (χ2v) is 9.32. The maximum Gasteiger partial charge on any atom is 0.318 e. The highest BCUT2D eigenvalue weighted by Gasteiger charge is 2.42. The summed E-state index contributed by atoms with van der Waals surface area (Å²) in [6, 6.07) is 24.6. The lowest BCUT2D eigenvalue weighted by atomic mass is 9.86. The number of nitrogens with one attached hydrogen (secondary N) is 1. The van der Waals surface area contributed by atoms with Gasteiger partial charge in [0.25, 0.3) is 0 Å². The summed E-state index contributed by atoms with van der Waals surface area (Å²) in [6.45, 7) is 3.46. The molecule has 0 aromatic heterocycles. The van der Waals surface area contributed by atoms with E-state index in [1.165, 1.54) is 16.3 Å². The van der Waals surface area contributed by atoms with Gasteiger partial charge in [0.2, 0.25) is 0 Å². The van der Waals surface area contributed by atoms with Gasteiger partial charge in [0.05, 0.1) is 6.61 Å². The van der Waals surface area contributed by atoms with Crippen LogP contribution >= 0.6 is 0 Å². The highest BCUT2D eigenvalue weighted by molar-refractivity contribution is 5.83.